The van der Waals surface area contributed by atoms with E-state index in [0.29, 0.717) is 24.5 Å². The first-order chi connectivity index (χ1) is 8.20. The van der Waals surface area contributed by atoms with Gasteiger partial charge in [0.15, 0.2) is 5.78 Å². The van der Waals surface area contributed by atoms with Crippen LogP contribution in [0.15, 0.2) is 36.2 Å². The maximum absolute atomic E-state index is 11.9. The first-order valence-electron chi connectivity index (χ1n) is 5.49. The molecule has 1 aromatic carbocycles. The molecule has 0 radical (unpaired) electrons. The second-order valence-electron chi connectivity index (χ2n) is 3.99. The molecule has 1 fully saturated rings. The lowest BCUT2D eigenvalue weighted by molar-refractivity contribution is -0.115. The van der Waals surface area contributed by atoms with Crippen LogP contribution in [0.25, 0.3) is 0 Å². The molecule has 1 N–H and O–H groups in total. The third-order valence-electron chi connectivity index (χ3n) is 2.70. The van der Waals surface area contributed by atoms with E-state index >= 15 is 0 Å². The zero-order valence-electron chi connectivity index (χ0n) is 9.64. The molecule has 2 rings (SSSR count). The van der Waals surface area contributed by atoms with E-state index < -0.39 is 0 Å². The molecule has 1 aromatic rings. The van der Waals surface area contributed by atoms with Crippen molar-refractivity contribution in [1.82, 2.24) is 10.2 Å². The van der Waals surface area contributed by atoms with Gasteiger partial charge in [0.05, 0.1) is 0 Å². The minimum absolute atomic E-state index is 0.0961. The molecule has 0 saturated carbocycles. The molecule has 0 aliphatic carbocycles. The molecule has 0 aromatic heterocycles. The number of amides is 1. The largest absolute Gasteiger partial charge is 0.369 e. The number of benzene rings is 1. The number of hydrogen-bond acceptors (Lipinski definition) is 3. The lowest BCUT2D eigenvalue weighted by Crippen LogP contribution is -2.19. The molecule has 0 spiro atoms. The van der Waals surface area contributed by atoms with Crippen LogP contribution < -0.4 is 5.32 Å². The fraction of sp³-hybridized carbons (Fsp3) is 0.231. The van der Waals surface area contributed by atoms with Gasteiger partial charge in [0.1, 0.15) is 5.82 Å². The third-order valence-corrected chi connectivity index (χ3v) is 2.70. The van der Waals surface area contributed by atoms with Crippen LogP contribution in [0.1, 0.15) is 15.9 Å². The van der Waals surface area contributed by atoms with E-state index in [-0.39, 0.29) is 5.78 Å². The number of ketones is 1. The Balaban J connectivity index is 2.18. The van der Waals surface area contributed by atoms with Gasteiger partial charge in [0.2, 0.25) is 6.41 Å². The number of carbonyl (C=O) groups excluding carboxylic acids is 2. The van der Waals surface area contributed by atoms with Crippen LogP contribution in [0.5, 0.6) is 0 Å². The van der Waals surface area contributed by atoms with Crippen molar-refractivity contribution in [2.45, 2.75) is 6.92 Å². The summed E-state index contributed by atoms with van der Waals surface area (Å²) in [7, 11) is 0. The first-order valence-corrected chi connectivity index (χ1v) is 5.49. The van der Waals surface area contributed by atoms with Crippen molar-refractivity contribution in [2.24, 2.45) is 0 Å². The summed E-state index contributed by atoms with van der Waals surface area (Å²) in [5.74, 6) is 0.479. The van der Waals surface area contributed by atoms with E-state index in [2.05, 4.69) is 5.32 Å². The fourth-order valence-corrected chi connectivity index (χ4v) is 1.70. The van der Waals surface area contributed by atoms with Gasteiger partial charge in [-0.25, -0.2) is 0 Å². The molecule has 0 unspecified atom stereocenters. The molecular weight excluding hydrogens is 216 g/mol. The number of nitrogens with zero attached hydrogens (tertiary/aromatic N) is 1. The van der Waals surface area contributed by atoms with E-state index in [4.69, 9.17) is 0 Å². The summed E-state index contributed by atoms with van der Waals surface area (Å²) in [5, 5.41) is 3.00. The zero-order valence-corrected chi connectivity index (χ0v) is 9.64. The molecule has 17 heavy (non-hydrogen) atoms. The summed E-state index contributed by atoms with van der Waals surface area (Å²) < 4.78 is 0. The molecule has 1 saturated heterocycles. The number of nitrogens with one attached hydrogen (secondary N) is 1. The molecule has 1 aliphatic heterocycles. The highest BCUT2D eigenvalue weighted by Gasteiger charge is 2.16. The Hall–Kier alpha value is -2.10. The van der Waals surface area contributed by atoms with Gasteiger partial charge >= 0.3 is 0 Å². The Bertz CT molecular complexity index is 463. The predicted octanol–water partition coefficient (Wildman–Crippen LogP) is 1.08. The standard InChI is InChI=1S/C13H14N2O2/c1-10-2-4-11(5-3-10)12(17)8-13-14-6-7-15(13)9-16/h2-5,8-9,14H,6-7H2,1H3/b13-8+. The molecule has 0 atom stereocenters. The normalized spacial score (nSPS) is 17.0. The maximum Gasteiger partial charge on any atom is 0.215 e. The van der Waals surface area contributed by atoms with Gasteiger partial charge in [-0.3, -0.25) is 14.5 Å². The molecule has 1 aliphatic rings. The lowest BCUT2D eigenvalue weighted by Gasteiger charge is -2.08. The average Bonchev–Trinajstić information content (AvgIpc) is 2.77. The lowest BCUT2D eigenvalue weighted by atomic mass is 10.1. The van der Waals surface area contributed by atoms with E-state index in [1.165, 1.54) is 11.0 Å². The highest BCUT2D eigenvalue weighted by molar-refractivity contribution is 6.05. The molecule has 4 heteroatoms. The van der Waals surface area contributed by atoms with Crippen LogP contribution in [-0.2, 0) is 4.79 Å². The summed E-state index contributed by atoms with van der Waals surface area (Å²) >= 11 is 0. The predicted molar refractivity (Wildman–Crippen MR) is 64.4 cm³/mol. The van der Waals surface area contributed by atoms with Crippen molar-refractivity contribution < 1.29 is 9.59 Å². The second-order valence-corrected chi connectivity index (χ2v) is 3.99. The van der Waals surface area contributed by atoms with E-state index in [1.807, 2.05) is 19.1 Å². The molecule has 88 valence electrons. The number of hydrogen-bond donors (Lipinski definition) is 1. The Morgan fingerprint density at radius 3 is 2.71 bits per heavy atom. The van der Waals surface area contributed by atoms with Crippen LogP contribution in [0, 0.1) is 6.92 Å². The van der Waals surface area contributed by atoms with Gasteiger partial charge in [-0.1, -0.05) is 29.8 Å². The van der Waals surface area contributed by atoms with E-state index in [9.17, 15) is 9.59 Å². The third kappa shape index (κ3) is 2.53. The van der Waals surface area contributed by atoms with Gasteiger partial charge in [0.25, 0.3) is 0 Å². The van der Waals surface area contributed by atoms with Crippen molar-refractivity contribution in [3.8, 4) is 0 Å². The van der Waals surface area contributed by atoms with Gasteiger partial charge in [-0.2, -0.15) is 0 Å². The molecule has 1 heterocycles. The van der Waals surface area contributed by atoms with Crippen LogP contribution in [0.4, 0.5) is 0 Å². The Labute approximate surface area is 99.9 Å². The fourth-order valence-electron chi connectivity index (χ4n) is 1.70. The average molecular weight is 230 g/mol. The van der Waals surface area contributed by atoms with Crippen LogP contribution >= 0.6 is 0 Å². The zero-order chi connectivity index (χ0) is 12.3. The quantitative estimate of drug-likeness (QED) is 0.480. The van der Waals surface area contributed by atoms with Gasteiger partial charge in [-0.15, -0.1) is 0 Å². The summed E-state index contributed by atoms with van der Waals surface area (Å²) in [6, 6.07) is 7.36. The van der Waals surface area contributed by atoms with Crippen LogP contribution in [0.2, 0.25) is 0 Å². The summed E-state index contributed by atoms with van der Waals surface area (Å²) in [5.41, 5.74) is 1.74. The van der Waals surface area contributed by atoms with Crippen molar-refractivity contribution in [1.29, 1.82) is 0 Å². The topological polar surface area (TPSA) is 49.4 Å². The molecular formula is C13H14N2O2. The monoisotopic (exact) mass is 230 g/mol. The second kappa shape index (κ2) is 4.82. The van der Waals surface area contributed by atoms with Gasteiger partial charge < -0.3 is 5.32 Å². The highest BCUT2D eigenvalue weighted by atomic mass is 16.1. The van der Waals surface area contributed by atoms with Crippen molar-refractivity contribution in [2.75, 3.05) is 13.1 Å². The van der Waals surface area contributed by atoms with E-state index in [0.717, 1.165) is 12.0 Å². The molecule has 4 nitrogen and oxygen atoms in total. The van der Waals surface area contributed by atoms with Crippen LogP contribution in [0.3, 0.4) is 0 Å². The highest BCUT2D eigenvalue weighted by Crippen LogP contribution is 2.09. The summed E-state index contributed by atoms with van der Waals surface area (Å²) in [4.78, 5) is 24.1. The Morgan fingerprint density at radius 2 is 2.06 bits per heavy atom. The Morgan fingerprint density at radius 1 is 1.35 bits per heavy atom. The molecule has 1 amide bonds. The van der Waals surface area contributed by atoms with Gasteiger partial charge in [0, 0.05) is 24.7 Å². The smallest absolute Gasteiger partial charge is 0.215 e. The number of carbonyl (C=O) groups is 2. The van der Waals surface area contributed by atoms with E-state index in [1.54, 1.807) is 12.1 Å². The maximum atomic E-state index is 11.9. The van der Waals surface area contributed by atoms with Crippen molar-refractivity contribution >= 4 is 12.2 Å². The number of rotatable bonds is 3. The summed E-state index contributed by atoms with van der Waals surface area (Å²) in [6.45, 7) is 3.27. The Kier molecular flexibility index (Phi) is 3.23. The number of aryl methyl sites for hydroxylation is 1. The summed E-state index contributed by atoms with van der Waals surface area (Å²) in [6.07, 6.45) is 2.19. The molecule has 0 bridgehead atoms. The van der Waals surface area contributed by atoms with Crippen molar-refractivity contribution in [3.63, 3.8) is 0 Å². The van der Waals surface area contributed by atoms with Gasteiger partial charge in [-0.05, 0) is 6.92 Å². The number of allylic oxidation sites excluding steroid dienone is 1. The minimum Gasteiger partial charge on any atom is -0.369 e. The SMILES string of the molecule is Cc1ccc(C(=O)/C=C2\NCCN2C=O)cc1. The first kappa shape index (κ1) is 11.4. The van der Waals surface area contributed by atoms with Crippen molar-refractivity contribution in [3.05, 3.63) is 47.3 Å². The minimum atomic E-state index is -0.0961. The van der Waals surface area contributed by atoms with Crippen LogP contribution in [-0.4, -0.2) is 30.2 Å².